The van der Waals surface area contributed by atoms with Crippen LogP contribution in [0.5, 0.6) is 11.5 Å². The summed E-state index contributed by atoms with van der Waals surface area (Å²) in [5.74, 6) is 2.63. The zero-order valence-electron chi connectivity index (χ0n) is 20.5. The van der Waals surface area contributed by atoms with Gasteiger partial charge in [0, 0.05) is 17.4 Å². The van der Waals surface area contributed by atoms with Crippen LogP contribution in [0.1, 0.15) is 29.1 Å². The third-order valence-corrected chi connectivity index (χ3v) is 6.90. The van der Waals surface area contributed by atoms with Crippen LogP contribution in [-0.2, 0) is 0 Å². The van der Waals surface area contributed by atoms with E-state index >= 15 is 0 Å². The van der Waals surface area contributed by atoms with E-state index in [0.717, 1.165) is 34.0 Å². The quantitative estimate of drug-likeness (QED) is 0.231. The summed E-state index contributed by atoms with van der Waals surface area (Å²) in [5, 5.41) is 4.01. The van der Waals surface area contributed by atoms with Crippen molar-refractivity contribution in [2.75, 3.05) is 4.90 Å². The Morgan fingerprint density at radius 3 is 2.39 bits per heavy atom. The van der Waals surface area contributed by atoms with Crippen LogP contribution < -0.4 is 15.0 Å². The number of aryl methyl sites for hydroxylation is 1. The van der Waals surface area contributed by atoms with E-state index in [4.69, 9.17) is 21.4 Å². The number of rotatable bonds is 6. The van der Waals surface area contributed by atoms with Crippen molar-refractivity contribution in [3.63, 3.8) is 0 Å². The molecule has 0 unspecified atom stereocenters. The highest BCUT2D eigenvalue weighted by molar-refractivity contribution is 7.80. The first-order valence-corrected chi connectivity index (χ1v) is 12.7. The molecule has 5 aromatic rings. The molecule has 0 aliphatic carbocycles. The van der Waals surface area contributed by atoms with Crippen molar-refractivity contribution in [1.82, 2.24) is 10.3 Å². The van der Waals surface area contributed by atoms with Crippen molar-refractivity contribution in [1.29, 1.82) is 0 Å². The molecule has 1 aliphatic rings. The molecule has 6 rings (SSSR count). The molecule has 2 aromatic heterocycles. The van der Waals surface area contributed by atoms with Crippen LogP contribution in [-0.4, -0.2) is 10.1 Å². The van der Waals surface area contributed by atoms with E-state index in [1.54, 1.807) is 18.3 Å². The molecule has 0 spiro atoms. The van der Waals surface area contributed by atoms with Gasteiger partial charge in [-0.05, 0) is 104 Å². The maximum Gasteiger partial charge on any atom is 0.174 e. The summed E-state index contributed by atoms with van der Waals surface area (Å²) in [7, 11) is 0. The molecule has 0 bridgehead atoms. The van der Waals surface area contributed by atoms with Gasteiger partial charge in [-0.2, -0.15) is 0 Å². The van der Waals surface area contributed by atoms with Crippen molar-refractivity contribution in [3.8, 4) is 22.8 Å². The molecule has 1 aliphatic heterocycles. The molecule has 0 amide bonds. The van der Waals surface area contributed by atoms with E-state index in [-0.39, 0.29) is 17.9 Å². The van der Waals surface area contributed by atoms with Crippen LogP contribution in [0.4, 0.5) is 10.1 Å². The fourth-order valence-electron chi connectivity index (χ4n) is 4.68. The maximum atomic E-state index is 13.5. The standard InChI is InChI=1S/C31H24FN3O2S/c1-20-6-2-3-8-26(20)36-24-15-13-23(14-16-24)35-30(29(34-31(35)38)25-7-4-5-19-33-25)28-18-17-27(37-28)21-9-11-22(32)12-10-21/h2-19,29-30H,1H3,(H,34,38)/t29-,30+/m1/s1. The van der Waals surface area contributed by atoms with Crippen LogP contribution in [0.25, 0.3) is 11.3 Å². The van der Waals surface area contributed by atoms with Crippen molar-refractivity contribution in [3.05, 3.63) is 132 Å². The maximum absolute atomic E-state index is 13.5. The molecule has 0 saturated carbocycles. The molecule has 1 N–H and O–H groups in total. The van der Waals surface area contributed by atoms with Gasteiger partial charge in [-0.15, -0.1) is 0 Å². The van der Waals surface area contributed by atoms with E-state index < -0.39 is 0 Å². The summed E-state index contributed by atoms with van der Waals surface area (Å²) >= 11 is 5.82. The highest BCUT2D eigenvalue weighted by Crippen LogP contribution is 2.43. The zero-order chi connectivity index (χ0) is 26.1. The zero-order valence-corrected chi connectivity index (χ0v) is 21.4. The first-order valence-electron chi connectivity index (χ1n) is 12.3. The second-order valence-electron chi connectivity index (χ2n) is 9.07. The van der Waals surface area contributed by atoms with Crippen molar-refractivity contribution >= 4 is 23.0 Å². The van der Waals surface area contributed by atoms with Crippen LogP contribution in [0.3, 0.4) is 0 Å². The Bertz CT molecular complexity index is 1570. The lowest BCUT2D eigenvalue weighted by Gasteiger charge is -2.26. The molecule has 0 radical (unpaired) electrons. The van der Waals surface area contributed by atoms with E-state index in [0.29, 0.717) is 16.6 Å². The molecular weight excluding hydrogens is 497 g/mol. The number of hydrogen-bond donors (Lipinski definition) is 1. The van der Waals surface area contributed by atoms with Gasteiger partial charge in [0.1, 0.15) is 34.9 Å². The molecule has 38 heavy (non-hydrogen) atoms. The number of thiocarbonyl (C=S) groups is 1. The third kappa shape index (κ3) is 4.64. The largest absolute Gasteiger partial charge is 0.459 e. The molecule has 5 nitrogen and oxygen atoms in total. The monoisotopic (exact) mass is 521 g/mol. The van der Waals surface area contributed by atoms with Gasteiger partial charge in [-0.1, -0.05) is 24.3 Å². The van der Waals surface area contributed by atoms with Gasteiger partial charge in [-0.25, -0.2) is 4.39 Å². The minimum atomic E-state index is -0.297. The first kappa shape index (κ1) is 23.9. The SMILES string of the molecule is Cc1ccccc1Oc1ccc(N2C(=S)N[C@H](c3ccccn3)[C@@H]2c2ccc(-c3ccc(F)cc3)o2)cc1. The van der Waals surface area contributed by atoms with Gasteiger partial charge >= 0.3 is 0 Å². The summed E-state index contributed by atoms with van der Waals surface area (Å²) in [6, 6.07) is 31.1. The van der Waals surface area contributed by atoms with Gasteiger partial charge in [0.2, 0.25) is 0 Å². The molecule has 2 atom stereocenters. The lowest BCUT2D eigenvalue weighted by molar-refractivity contribution is 0.439. The molecule has 1 saturated heterocycles. The van der Waals surface area contributed by atoms with Gasteiger partial charge < -0.3 is 19.4 Å². The smallest absolute Gasteiger partial charge is 0.174 e. The van der Waals surface area contributed by atoms with E-state index in [1.165, 1.54) is 12.1 Å². The Morgan fingerprint density at radius 1 is 0.895 bits per heavy atom. The number of furan rings is 1. The summed E-state index contributed by atoms with van der Waals surface area (Å²) in [6.45, 7) is 2.02. The number of halogens is 1. The Kier molecular flexibility index (Phi) is 6.35. The van der Waals surface area contributed by atoms with Gasteiger partial charge in [-0.3, -0.25) is 4.98 Å². The minimum absolute atomic E-state index is 0.237. The van der Waals surface area contributed by atoms with Crippen LogP contribution in [0.15, 0.2) is 114 Å². The predicted octanol–water partition coefficient (Wildman–Crippen LogP) is 7.76. The number of nitrogens with zero attached hydrogens (tertiary/aromatic N) is 2. The number of hydrogen-bond acceptors (Lipinski definition) is 4. The van der Waals surface area contributed by atoms with Crippen LogP contribution >= 0.6 is 12.2 Å². The van der Waals surface area contributed by atoms with Crippen molar-refractivity contribution in [2.24, 2.45) is 0 Å². The number of para-hydroxylation sites is 1. The molecule has 1 fully saturated rings. The van der Waals surface area contributed by atoms with E-state index in [1.807, 2.05) is 90.7 Å². The lowest BCUT2D eigenvalue weighted by atomic mass is 10.0. The topological polar surface area (TPSA) is 50.5 Å². The number of benzene rings is 3. The van der Waals surface area contributed by atoms with Gasteiger partial charge in [0.25, 0.3) is 0 Å². The predicted molar refractivity (Wildman–Crippen MR) is 150 cm³/mol. The van der Waals surface area contributed by atoms with Crippen LogP contribution in [0, 0.1) is 12.7 Å². The first-order chi connectivity index (χ1) is 18.6. The van der Waals surface area contributed by atoms with Crippen molar-refractivity contribution in [2.45, 2.75) is 19.0 Å². The highest BCUT2D eigenvalue weighted by atomic mass is 32.1. The number of nitrogens with one attached hydrogen (secondary N) is 1. The summed E-state index contributed by atoms with van der Waals surface area (Å²) in [6.07, 6.45) is 1.77. The van der Waals surface area contributed by atoms with E-state index in [2.05, 4.69) is 10.3 Å². The Morgan fingerprint density at radius 2 is 1.66 bits per heavy atom. The number of aromatic nitrogens is 1. The average molecular weight is 522 g/mol. The Hall–Kier alpha value is -4.49. The van der Waals surface area contributed by atoms with Gasteiger partial charge in [0.05, 0.1) is 11.7 Å². The lowest BCUT2D eigenvalue weighted by Crippen LogP contribution is -2.29. The highest BCUT2D eigenvalue weighted by Gasteiger charge is 2.42. The number of pyridine rings is 1. The molecule has 188 valence electrons. The normalized spacial score (nSPS) is 16.9. The Labute approximate surface area is 225 Å². The second-order valence-corrected chi connectivity index (χ2v) is 9.45. The molecule has 3 heterocycles. The number of ether oxygens (including phenoxy) is 1. The minimum Gasteiger partial charge on any atom is -0.459 e. The fraction of sp³-hybridized carbons (Fsp3) is 0.0968. The number of anilines is 1. The summed E-state index contributed by atoms with van der Waals surface area (Å²) < 4.78 is 25.9. The van der Waals surface area contributed by atoms with Crippen molar-refractivity contribution < 1.29 is 13.5 Å². The average Bonchev–Trinajstić information content (AvgIpc) is 3.56. The molecule has 3 aromatic carbocycles. The summed E-state index contributed by atoms with van der Waals surface area (Å²) in [5.41, 5.74) is 3.60. The molecule has 7 heteroatoms. The van der Waals surface area contributed by atoms with E-state index in [9.17, 15) is 4.39 Å². The van der Waals surface area contributed by atoms with Crippen LogP contribution in [0.2, 0.25) is 0 Å². The third-order valence-electron chi connectivity index (χ3n) is 6.58. The molecular formula is C31H24FN3O2S. The Balaban J connectivity index is 1.35. The second kappa shape index (κ2) is 10.1. The van der Waals surface area contributed by atoms with Gasteiger partial charge in [0.15, 0.2) is 5.11 Å². The fourth-order valence-corrected chi connectivity index (χ4v) is 5.02. The summed E-state index contributed by atoms with van der Waals surface area (Å²) in [4.78, 5) is 6.63.